The average molecular weight is 1420 g/mol. The number of carboxylic acids is 1. The highest BCUT2D eigenvalue weighted by molar-refractivity contribution is 8.07. The van der Waals surface area contributed by atoms with Crippen LogP contribution >= 0.6 is 13.4 Å². The minimum Gasteiger partial charge on any atom is -0.481 e. The summed E-state index contributed by atoms with van der Waals surface area (Å²) in [6.45, 7) is -5.92. The molecule has 0 aliphatic carbocycles. The number of aliphatic hydroxyl groups excluding tert-OH is 1. The molecule has 524 valence electrons. The number of unbranched alkanes of at least 4 members (excludes halogenated alkanes) is 3. The summed E-state index contributed by atoms with van der Waals surface area (Å²) in [6, 6.07) is 4.64. The molecular weight excluding hydrogens is 1340 g/mol. The van der Waals surface area contributed by atoms with Crippen molar-refractivity contribution in [1.29, 1.82) is 0 Å². The van der Waals surface area contributed by atoms with Crippen LogP contribution in [0.4, 0.5) is 31.7 Å². The van der Waals surface area contributed by atoms with Crippen LogP contribution < -0.4 is 33.2 Å². The molecule has 96 heavy (non-hydrogen) atoms. The number of Topliss-reactive ketones (excluding diaryl/α,β-unsaturated/α-hetero) is 2. The van der Waals surface area contributed by atoms with E-state index < -0.39 is 130 Å². The van der Waals surface area contributed by atoms with Crippen molar-refractivity contribution < 1.29 is 100 Å². The molecule has 13 N–H and O–H groups in total. The van der Waals surface area contributed by atoms with Gasteiger partial charge in [0.2, 0.25) is 11.8 Å². The number of carbonyl (C=O) groups excluding carboxylic acids is 7. The zero-order valence-electron chi connectivity index (χ0n) is 52.6. The Morgan fingerprint density at radius 1 is 0.760 bits per heavy atom. The first-order chi connectivity index (χ1) is 45.6. The van der Waals surface area contributed by atoms with E-state index >= 15 is 0 Å². The summed E-state index contributed by atoms with van der Waals surface area (Å²) in [5.74, 6) is -4.14. The Balaban J connectivity index is 0.844. The van der Waals surface area contributed by atoms with Gasteiger partial charge in [0.15, 0.2) is 47.3 Å². The Morgan fingerprint density at radius 3 is 1.97 bits per heavy atom. The van der Waals surface area contributed by atoms with Crippen LogP contribution in [-0.2, 0) is 96.0 Å². The Labute approximate surface area is 558 Å². The highest BCUT2D eigenvalue weighted by Gasteiger charge is 2.55. The number of nitrogens with one attached hydrogen (secondary N) is 3. The molecule has 7 heterocycles. The second kappa shape index (κ2) is 33.6. The number of ketones is 2. The third-order valence-corrected chi connectivity index (χ3v) is 18.9. The molecule has 1 aromatic carbocycles. The smallest absolute Gasteiger partial charge is 0.481 e. The lowest BCUT2D eigenvalue weighted by Crippen LogP contribution is -2.45. The van der Waals surface area contributed by atoms with Crippen molar-refractivity contribution in [3.05, 3.63) is 55.1 Å². The first-order valence-electron chi connectivity index (χ1n) is 30.5. The zero-order chi connectivity index (χ0) is 69.6. The minimum atomic E-state index is -4.49. The van der Waals surface area contributed by atoms with Crippen LogP contribution in [0.15, 0.2) is 49.6 Å². The van der Waals surface area contributed by atoms with Crippen LogP contribution in [0.2, 0.25) is 0 Å². The van der Waals surface area contributed by atoms with Gasteiger partial charge in [0.05, 0.1) is 44.9 Å². The number of nitrogens with two attached hydrogens (primary N) is 3. The number of nitrogen functional groups attached to an aromatic ring is 2. The molecule has 8 rings (SSSR count). The number of aromatic nitrogens is 8. The van der Waals surface area contributed by atoms with Crippen molar-refractivity contribution in [3.8, 4) is 0 Å². The molecular formula is C56H77N15O21P2S2. The first kappa shape index (κ1) is 74.2. The quantitative estimate of drug-likeness (QED) is 0.0187. The number of urea groups is 1. The van der Waals surface area contributed by atoms with Gasteiger partial charge in [-0.3, -0.25) is 42.2 Å². The van der Waals surface area contributed by atoms with Crippen molar-refractivity contribution in [2.24, 2.45) is 23.5 Å². The average Bonchev–Trinajstić information content (AvgIpc) is 1.61. The second-order valence-electron chi connectivity index (χ2n) is 23.3. The molecule has 3 aliphatic heterocycles. The van der Waals surface area contributed by atoms with Crippen LogP contribution in [0.25, 0.3) is 22.3 Å². The first-order valence-corrected chi connectivity index (χ1v) is 35.6. The monoisotopic (exact) mass is 1420 g/mol. The summed E-state index contributed by atoms with van der Waals surface area (Å²) >= 11 is 10.9. The number of nitrogens with zero attached hydrogens (tertiary/aromatic N) is 9. The summed E-state index contributed by atoms with van der Waals surface area (Å²) < 4.78 is 55.5. The van der Waals surface area contributed by atoms with Crippen LogP contribution in [-0.4, -0.2) is 194 Å². The molecule has 2 bridgehead atoms. The predicted octanol–water partition coefficient (Wildman–Crippen LogP) is 3.15. The predicted molar refractivity (Wildman–Crippen MR) is 343 cm³/mol. The number of ether oxygens (including phenoxy) is 5. The summed E-state index contributed by atoms with van der Waals surface area (Å²) in [5, 5.41) is 28.6. The van der Waals surface area contributed by atoms with Crippen LogP contribution in [0, 0.1) is 17.8 Å². The van der Waals surface area contributed by atoms with E-state index in [2.05, 4.69) is 45.9 Å². The lowest BCUT2D eigenvalue weighted by Gasteiger charge is -2.29. The summed E-state index contributed by atoms with van der Waals surface area (Å²) in [6.07, 6.45) is -6.42. The molecule has 0 radical (unpaired) electrons. The van der Waals surface area contributed by atoms with Gasteiger partial charge in [-0.1, -0.05) is 45.7 Å². The lowest BCUT2D eigenvalue weighted by molar-refractivity contribution is -0.140. The summed E-state index contributed by atoms with van der Waals surface area (Å²) in [5.41, 5.74) is 18.8. The van der Waals surface area contributed by atoms with E-state index in [0.717, 1.165) is 11.2 Å². The molecule has 40 heteroatoms. The number of imidazole rings is 2. The van der Waals surface area contributed by atoms with Gasteiger partial charge in [-0.15, -0.1) is 0 Å². The standard InChI is InChI=1S/C56H77N15O21P2S2/c1-29(2)40(68-38(74)12-8-6-5-7-11-34(72)30(3)20-39(75)76)35(73)21-32(10-9-17-60-54(59)79)51(78)67-33-15-13-31(14-16-33)22-85-55(80)69(4)18-19-84-56(81)90-46-44-37(89-53(46)71-28-66-42-48(58)62-26-64-50(42)71)24-87-94(83,96)92-45-43(77)36(23-86-93(82,95)91-44)88-52(45)70-27-65-41-47(57)61-25-63-49(41)70/h13-16,25-30,32,36-37,40,43-46,52-53,77H,5-12,17-24H2,1-4H3,(H,67,78)(H,68,74)(H,75,76)(H,82,95)(H,83,96)(H2,57,61,63)(H2,58,62,64)(H3,59,60,79)/t30?,32-,36-,37-,40+,43-,44-,45-,46-,52-,53-,93?,94?/m1/s1. The molecule has 4 aromatic heterocycles. The normalized spacial score (nSPS) is 24.5. The molecule has 36 nitrogen and oxygen atoms in total. The van der Waals surface area contributed by atoms with Gasteiger partial charge in [0.25, 0.3) is 0 Å². The van der Waals surface area contributed by atoms with E-state index in [-0.39, 0.29) is 109 Å². The fourth-order valence-electron chi connectivity index (χ4n) is 10.7. The maximum atomic E-state index is 13.8. The zero-order valence-corrected chi connectivity index (χ0v) is 56.0. The van der Waals surface area contributed by atoms with Gasteiger partial charge in [-0.25, -0.2) is 44.3 Å². The van der Waals surface area contributed by atoms with Crippen LogP contribution in [0.5, 0.6) is 0 Å². The molecule has 0 spiro atoms. The second-order valence-corrected chi connectivity index (χ2v) is 28.8. The number of anilines is 3. The van der Waals surface area contributed by atoms with Crippen LogP contribution in [0.1, 0.15) is 103 Å². The minimum absolute atomic E-state index is 0.0184. The Morgan fingerprint density at radius 2 is 1.35 bits per heavy atom. The molecule has 0 saturated carbocycles. The number of fused-ring (bicyclic) bond motifs is 5. The molecule has 3 fully saturated rings. The fraction of sp³-hybridized carbons (Fsp3) is 0.571. The number of carbonyl (C=O) groups is 8. The number of amides is 5. The Hall–Kier alpha value is -7.58. The Bertz CT molecular complexity index is 3710. The summed E-state index contributed by atoms with van der Waals surface area (Å²) in [4.78, 5) is 151. The third kappa shape index (κ3) is 20.0. The maximum absolute atomic E-state index is 13.8. The molecule has 5 aromatic rings. The number of rotatable bonds is 29. The van der Waals surface area contributed by atoms with Crippen molar-refractivity contribution in [3.63, 3.8) is 0 Å². The third-order valence-electron chi connectivity index (χ3n) is 15.8. The van der Waals surface area contributed by atoms with Gasteiger partial charge in [0, 0.05) is 50.4 Å². The van der Waals surface area contributed by atoms with Crippen molar-refractivity contribution in [2.75, 3.05) is 56.7 Å². The summed E-state index contributed by atoms with van der Waals surface area (Å²) in [7, 11) is 1.37. The number of benzene rings is 1. The fourth-order valence-corrected chi connectivity index (χ4v) is 13.5. The lowest BCUT2D eigenvalue weighted by atomic mass is 9.89. The number of likely N-dealkylation sites (N-methyl/N-ethyl adjacent to an activating group) is 1. The van der Waals surface area contributed by atoms with Crippen LogP contribution in [0.3, 0.4) is 0 Å². The topological polar surface area (TPSA) is 505 Å². The van der Waals surface area contributed by atoms with E-state index in [0.29, 0.717) is 43.4 Å². The molecule has 13 atom stereocenters. The Kier molecular flexibility index (Phi) is 26.0. The molecule has 3 unspecified atom stereocenters. The van der Waals surface area contributed by atoms with Crippen molar-refractivity contribution in [2.45, 2.75) is 147 Å². The number of carboxylic acid groups (broad SMARTS) is 1. The number of aliphatic hydroxyl groups is 1. The van der Waals surface area contributed by atoms with Crippen molar-refractivity contribution in [1.82, 2.24) is 54.6 Å². The van der Waals surface area contributed by atoms with E-state index in [4.69, 9.17) is 87.7 Å². The number of hydrogen-bond acceptors (Lipinski definition) is 28. The van der Waals surface area contributed by atoms with Gasteiger partial charge in [-0.2, -0.15) is 0 Å². The largest absolute Gasteiger partial charge is 0.508 e. The van der Waals surface area contributed by atoms with E-state index in [1.165, 1.54) is 35.2 Å². The molecule has 3 aliphatic rings. The van der Waals surface area contributed by atoms with Gasteiger partial charge < -0.3 is 90.8 Å². The highest BCUT2D eigenvalue weighted by atomic mass is 32.5. The highest BCUT2D eigenvalue weighted by Crippen LogP contribution is 2.54. The van der Waals surface area contributed by atoms with Crippen molar-refractivity contribution >= 4 is 124 Å². The van der Waals surface area contributed by atoms with E-state index in [1.54, 1.807) is 45.0 Å². The maximum Gasteiger partial charge on any atom is 0.508 e. The number of hydrogen-bond donors (Lipinski definition) is 10. The van der Waals surface area contributed by atoms with E-state index in [9.17, 15) is 53.2 Å². The van der Waals surface area contributed by atoms with Gasteiger partial charge in [-0.05, 0) is 72.9 Å². The molecule has 3 saturated heterocycles. The van der Waals surface area contributed by atoms with Gasteiger partial charge in [0.1, 0.15) is 73.2 Å². The SMILES string of the molecule is CC(CC(=O)O)C(=O)CCCCCCC(=O)N[C@H](C(=O)C[C@@H](CCCNC(N)=O)C(=O)Nc1ccc(COC(=O)N(C)CCOC(=O)O[C@@H]2[C@@H]3OP(O)(=S)OC[C@H]4O[C@@H](n5cnc6c(N)ncnc65)[C@H](OP(O)(=S)OC[C@H]3O[C@H]2n2cnc3c(N)ncnc32)[C@@H]4O)cc1)C(C)C. The number of aliphatic carboxylic acids is 1. The molecule has 5 amide bonds. The van der Waals surface area contributed by atoms with Gasteiger partial charge >= 0.3 is 37.7 Å². The number of primary amides is 1. The van der Waals surface area contributed by atoms with E-state index in [1.807, 2.05) is 0 Å².